The Kier molecular flexibility index (Phi) is 20.5. The predicted octanol–water partition coefficient (Wildman–Crippen LogP) is 9.71. The maximum absolute atomic E-state index is 12.4. The number of amides is 2. The Labute approximate surface area is 330 Å². The Hall–Kier alpha value is -3.60. The first-order valence-corrected chi connectivity index (χ1v) is 21.0. The highest BCUT2D eigenvalue weighted by Crippen LogP contribution is 2.39. The minimum absolute atomic E-state index is 0.00457. The van der Waals surface area contributed by atoms with Gasteiger partial charge in [0.25, 0.3) is 0 Å². The molecule has 3 atom stereocenters. The number of unbranched alkanes of at least 4 members (excludes halogenated alkanes) is 10. The number of aliphatic hydroxyl groups is 1. The number of hydrogen-bond donors (Lipinski definition) is 4. The van der Waals surface area contributed by atoms with Gasteiger partial charge in [-0.25, -0.2) is 5.48 Å². The zero-order valence-corrected chi connectivity index (χ0v) is 33.5. The Morgan fingerprint density at radius 2 is 1.31 bits per heavy atom. The number of benzene rings is 3. The second kappa shape index (κ2) is 25.5. The third-order valence-corrected chi connectivity index (χ3v) is 10.6. The Morgan fingerprint density at radius 1 is 0.691 bits per heavy atom. The quantitative estimate of drug-likeness (QED) is 0.0366. The highest BCUT2D eigenvalue weighted by Gasteiger charge is 2.33. The summed E-state index contributed by atoms with van der Waals surface area (Å²) in [6.45, 7) is 7.98. The molecule has 4 N–H and O–H groups in total. The van der Waals surface area contributed by atoms with Gasteiger partial charge in [-0.05, 0) is 72.3 Å². The summed E-state index contributed by atoms with van der Waals surface area (Å²) in [6.07, 6.45) is 16.2. The molecule has 9 nitrogen and oxygen atoms in total. The van der Waals surface area contributed by atoms with Gasteiger partial charge in [0.1, 0.15) is 0 Å². The van der Waals surface area contributed by atoms with Crippen molar-refractivity contribution in [3.63, 3.8) is 0 Å². The number of nitrogens with one attached hydrogen (secondary N) is 2. The van der Waals surface area contributed by atoms with Crippen molar-refractivity contribution in [2.24, 2.45) is 0 Å². The third kappa shape index (κ3) is 16.2. The maximum atomic E-state index is 12.4. The molecule has 3 aromatic carbocycles. The lowest BCUT2D eigenvalue weighted by Gasteiger charge is -2.38. The Balaban J connectivity index is 1.47. The van der Waals surface area contributed by atoms with Crippen LogP contribution in [0.5, 0.6) is 0 Å². The van der Waals surface area contributed by atoms with Gasteiger partial charge in [-0.15, -0.1) is 0 Å². The van der Waals surface area contributed by atoms with Crippen LogP contribution in [-0.2, 0) is 32.2 Å². The van der Waals surface area contributed by atoms with Gasteiger partial charge in [-0.1, -0.05) is 139 Å². The van der Waals surface area contributed by atoms with Gasteiger partial charge in [0, 0.05) is 37.9 Å². The van der Waals surface area contributed by atoms with Gasteiger partial charge >= 0.3 is 0 Å². The molecule has 4 rings (SSSR count). The van der Waals surface area contributed by atoms with Gasteiger partial charge in [-0.3, -0.25) is 14.8 Å². The summed E-state index contributed by atoms with van der Waals surface area (Å²) in [6, 6.07) is 24.6. The molecule has 0 bridgehead atoms. The van der Waals surface area contributed by atoms with Gasteiger partial charge in [0.15, 0.2) is 6.29 Å². The highest BCUT2D eigenvalue weighted by molar-refractivity contribution is 5.78. The summed E-state index contributed by atoms with van der Waals surface area (Å²) < 4.78 is 13.6. The van der Waals surface area contributed by atoms with Crippen molar-refractivity contribution in [3.05, 3.63) is 95.1 Å². The molecule has 2 amide bonds. The fourth-order valence-corrected chi connectivity index (χ4v) is 7.33. The molecule has 1 fully saturated rings. The molecule has 3 aromatic rings. The molecule has 0 aromatic heterocycles. The van der Waals surface area contributed by atoms with E-state index >= 15 is 0 Å². The third-order valence-electron chi connectivity index (χ3n) is 10.6. The first-order chi connectivity index (χ1) is 26.9. The average molecular weight is 758 g/mol. The van der Waals surface area contributed by atoms with Crippen LogP contribution in [0.4, 0.5) is 0 Å². The zero-order chi connectivity index (χ0) is 39.1. The molecule has 55 heavy (non-hydrogen) atoms. The number of carbonyl (C=O) groups is 2. The first kappa shape index (κ1) is 44.1. The molecule has 1 saturated heterocycles. The van der Waals surface area contributed by atoms with Crippen LogP contribution in [-0.4, -0.2) is 52.8 Å². The fraction of sp³-hybridized carbons (Fsp3) is 0.565. The lowest BCUT2D eigenvalue weighted by Crippen LogP contribution is -2.40. The maximum Gasteiger partial charge on any atom is 0.243 e. The van der Waals surface area contributed by atoms with Crippen molar-refractivity contribution in [1.29, 1.82) is 0 Å². The van der Waals surface area contributed by atoms with Gasteiger partial charge in [0.05, 0.1) is 18.8 Å². The molecule has 9 heteroatoms. The first-order valence-electron chi connectivity index (χ1n) is 21.0. The molecule has 1 aliphatic heterocycles. The van der Waals surface area contributed by atoms with E-state index in [0.717, 1.165) is 59.4 Å². The molecule has 0 spiro atoms. The zero-order valence-electron chi connectivity index (χ0n) is 33.5. The van der Waals surface area contributed by atoms with Crippen molar-refractivity contribution in [1.82, 2.24) is 15.7 Å². The second-order valence-electron chi connectivity index (χ2n) is 15.2. The predicted molar refractivity (Wildman–Crippen MR) is 219 cm³/mol. The molecule has 1 aliphatic rings. The number of aliphatic hydroxyl groups excluding tert-OH is 1. The van der Waals surface area contributed by atoms with Crippen LogP contribution >= 0.6 is 0 Å². The van der Waals surface area contributed by atoms with Gasteiger partial charge < -0.3 is 24.8 Å². The topological polar surface area (TPSA) is 120 Å². The summed E-state index contributed by atoms with van der Waals surface area (Å²) in [7, 11) is 0. The van der Waals surface area contributed by atoms with Crippen molar-refractivity contribution in [3.8, 4) is 11.1 Å². The van der Waals surface area contributed by atoms with Crippen LogP contribution in [0.15, 0.2) is 72.8 Å². The molecule has 0 radical (unpaired) electrons. The van der Waals surface area contributed by atoms with E-state index in [2.05, 4.69) is 66.5 Å². The largest absolute Gasteiger partial charge is 0.392 e. The van der Waals surface area contributed by atoms with E-state index in [-0.39, 0.29) is 37.6 Å². The van der Waals surface area contributed by atoms with Crippen LogP contribution in [0.2, 0.25) is 0 Å². The summed E-state index contributed by atoms with van der Waals surface area (Å²) in [5.74, 6) is -0.638. The van der Waals surface area contributed by atoms with E-state index in [1.54, 1.807) is 5.48 Å². The van der Waals surface area contributed by atoms with Crippen LogP contribution in [0.25, 0.3) is 11.1 Å². The number of nitrogens with zero attached hydrogens (tertiary/aromatic N) is 1. The molecular weight excluding hydrogens is 691 g/mol. The van der Waals surface area contributed by atoms with Crippen LogP contribution in [0.1, 0.15) is 151 Å². The number of ether oxygens (including phenoxy) is 2. The van der Waals surface area contributed by atoms with E-state index in [1.165, 1.54) is 77.0 Å². The minimum atomic E-state index is -0.540. The monoisotopic (exact) mass is 758 g/mol. The van der Waals surface area contributed by atoms with Crippen molar-refractivity contribution < 1.29 is 29.4 Å². The normalized spacial score (nSPS) is 17.0. The van der Waals surface area contributed by atoms with Crippen LogP contribution in [0.3, 0.4) is 0 Å². The number of carbonyl (C=O) groups excluding carboxylic acids is 2. The van der Waals surface area contributed by atoms with Gasteiger partial charge in [0.2, 0.25) is 11.8 Å². The summed E-state index contributed by atoms with van der Waals surface area (Å²) in [4.78, 5) is 26.3. The fourth-order valence-electron chi connectivity index (χ4n) is 7.33. The van der Waals surface area contributed by atoms with Crippen molar-refractivity contribution >= 4 is 11.8 Å². The standard InChI is InChI=1S/C46H67N3O6/c1-3-5-7-9-11-13-28-49(29-14-12-10-8-6-4-2)34-42-32-43(38-26-24-36(35-50)25-27-38)55-46(54-42)41-21-16-20-40(31-41)39-19-15-18-37(30-39)33-47-44(51)22-17-23-45(52)48-53/h15-16,18-21,24-27,30-31,42-43,46,50,53H,3-14,17,22-23,28-29,32-35H2,1-2H3,(H,47,51)(H,48,52)/t42-,43+,46+/m1/s1. The molecular formula is C46H67N3O6. The number of hydroxylamine groups is 1. The lowest BCUT2D eigenvalue weighted by molar-refractivity contribution is -0.253. The van der Waals surface area contributed by atoms with E-state index in [4.69, 9.17) is 14.7 Å². The van der Waals surface area contributed by atoms with E-state index in [1.807, 2.05) is 30.3 Å². The molecule has 1 heterocycles. The van der Waals surface area contributed by atoms with Crippen LogP contribution in [0, 0.1) is 0 Å². The molecule has 0 unspecified atom stereocenters. The molecule has 302 valence electrons. The van der Waals surface area contributed by atoms with E-state index < -0.39 is 12.2 Å². The molecule has 0 aliphatic carbocycles. The Bertz CT molecular complexity index is 1520. The minimum Gasteiger partial charge on any atom is -0.392 e. The van der Waals surface area contributed by atoms with E-state index in [9.17, 15) is 14.7 Å². The lowest BCUT2D eigenvalue weighted by atomic mass is 9.98. The van der Waals surface area contributed by atoms with Crippen LogP contribution < -0.4 is 10.8 Å². The molecule has 0 saturated carbocycles. The SMILES string of the molecule is CCCCCCCCN(CCCCCCCC)C[C@H]1C[C@@H](c2ccc(CO)cc2)O[C@@H](c2cccc(-c3cccc(CNC(=O)CCCC(=O)NO)c3)c2)O1. The second-order valence-corrected chi connectivity index (χ2v) is 15.2. The summed E-state index contributed by atoms with van der Waals surface area (Å²) >= 11 is 0. The highest BCUT2D eigenvalue weighted by atomic mass is 16.7. The summed E-state index contributed by atoms with van der Waals surface area (Å²) in [5, 5.41) is 21.3. The smallest absolute Gasteiger partial charge is 0.243 e. The Morgan fingerprint density at radius 3 is 1.96 bits per heavy atom. The van der Waals surface area contributed by atoms with E-state index in [0.29, 0.717) is 13.0 Å². The summed E-state index contributed by atoms with van der Waals surface area (Å²) in [5.41, 5.74) is 7.57. The van der Waals surface area contributed by atoms with Crippen molar-refractivity contribution in [2.45, 2.75) is 148 Å². The number of hydrogen-bond acceptors (Lipinski definition) is 7. The van der Waals surface area contributed by atoms with Gasteiger partial charge in [-0.2, -0.15) is 0 Å². The number of rotatable bonds is 26. The average Bonchev–Trinajstić information content (AvgIpc) is 3.22. The van der Waals surface area contributed by atoms with Crippen molar-refractivity contribution in [2.75, 3.05) is 19.6 Å².